The zero-order chi connectivity index (χ0) is 19.8. The summed E-state index contributed by atoms with van der Waals surface area (Å²) in [6.45, 7) is 1.90. The lowest BCUT2D eigenvalue weighted by Gasteiger charge is -2.31. The zero-order valence-electron chi connectivity index (χ0n) is 14.3. The number of aryl methyl sites for hydroxylation is 1. The number of aliphatic hydroxyl groups is 1. The molecule has 8 heteroatoms. The van der Waals surface area contributed by atoms with Crippen molar-refractivity contribution in [3.63, 3.8) is 0 Å². The summed E-state index contributed by atoms with van der Waals surface area (Å²) < 4.78 is 53.6. The number of rotatable bonds is 3. The van der Waals surface area contributed by atoms with E-state index >= 15 is 0 Å². The van der Waals surface area contributed by atoms with E-state index in [1.54, 1.807) is 12.1 Å². The molecule has 1 N–H and O–H groups in total. The van der Waals surface area contributed by atoms with Crippen molar-refractivity contribution >= 4 is 11.6 Å². The summed E-state index contributed by atoms with van der Waals surface area (Å²) in [7, 11) is 0. The molecule has 0 aromatic heterocycles. The first-order valence-corrected chi connectivity index (χ1v) is 8.22. The van der Waals surface area contributed by atoms with Gasteiger partial charge in [-0.25, -0.2) is 4.39 Å². The number of hydrogen-bond acceptors (Lipinski definition) is 3. The minimum atomic E-state index is -4.83. The summed E-state index contributed by atoms with van der Waals surface area (Å²) in [5.74, 6) is -2.07. The van der Waals surface area contributed by atoms with Crippen LogP contribution in [0, 0.1) is 5.82 Å². The third-order valence-electron chi connectivity index (χ3n) is 4.43. The van der Waals surface area contributed by atoms with Gasteiger partial charge in [-0.15, -0.1) is 0 Å². The number of halogens is 4. The average Bonchev–Trinajstić information content (AvgIpc) is 3.01. The monoisotopic (exact) mass is 380 g/mol. The minimum absolute atomic E-state index is 0.0624. The van der Waals surface area contributed by atoms with Crippen LogP contribution in [0.15, 0.2) is 53.6 Å². The molecule has 0 saturated heterocycles. The fourth-order valence-corrected chi connectivity index (χ4v) is 2.90. The molecule has 1 amide bonds. The summed E-state index contributed by atoms with van der Waals surface area (Å²) in [6.07, 6.45) is -5.08. The first-order valence-electron chi connectivity index (χ1n) is 8.22. The van der Waals surface area contributed by atoms with E-state index in [9.17, 15) is 27.5 Å². The van der Waals surface area contributed by atoms with Crippen LogP contribution in [0.3, 0.4) is 0 Å². The molecule has 0 saturated carbocycles. The Bertz CT molecular complexity index is 893. The normalized spacial score (nSPS) is 19.9. The third kappa shape index (κ3) is 3.44. The Kier molecular flexibility index (Phi) is 4.77. The van der Waals surface area contributed by atoms with E-state index in [4.69, 9.17) is 0 Å². The van der Waals surface area contributed by atoms with Crippen molar-refractivity contribution in [2.24, 2.45) is 5.10 Å². The molecule has 1 aliphatic heterocycles. The Hall–Kier alpha value is -2.74. The van der Waals surface area contributed by atoms with Crippen LogP contribution in [0.4, 0.5) is 17.6 Å². The van der Waals surface area contributed by atoms with Crippen LogP contribution in [-0.4, -0.2) is 27.9 Å². The fourth-order valence-electron chi connectivity index (χ4n) is 2.90. The molecule has 1 aliphatic rings. The Labute approximate surface area is 152 Å². The van der Waals surface area contributed by atoms with Gasteiger partial charge in [-0.2, -0.15) is 23.3 Å². The van der Waals surface area contributed by atoms with Crippen LogP contribution >= 0.6 is 0 Å². The summed E-state index contributed by atoms with van der Waals surface area (Å²) in [5.41, 5.74) is -3.18. The predicted molar refractivity (Wildman–Crippen MR) is 90.4 cm³/mol. The second-order valence-electron chi connectivity index (χ2n) is 6.19. The van der Waals surface area contributed by atoms with Crippen molar-refractivity contribution in [3.8, 4) is 0 Å². The van der Waals surface area contributed by atoms with Crippen LogP contribution in [0.1, 0.15) is 34.8 Å². The van der Waals surface area contributed by atoms with E-state index in [2.05, 4.69) is 5.10 Å². The number of amides is 1. The van der Waals surface area contributed by atoms with Crippen molar-refractivity contribution in [2.45, 2.75) is 31.7 Å². The first-order chi connectivity index (χ1) is 12.7. The van der Waals surface area contributed by atoms with Crippen LogP contribution in [0.25, 0.3) is 0 Å². The Morgan fingerprint density at radius 1 is 1.19 bits per heavy atom. The molecule has 0 bridgehead atoms. The zero-order valence-corrected chi connectivity index (χ0v) is 14.3. The Balaban J connectivity index is 2.08. The van der Waals surface area contributed by atoms with Crippen LogP contribution in [0.5, 0.6) is 0 Å². The lowest BCUT2D eigenvalue weighted by molar-refractivity contribution is -0.0817. The van der Waals surface area contributed by atoms with E-state index in [0.29, 0.717) is 11.4 Å². The number of nitrogens with zero attached hydrogens (tertiary/aromatic N) is 2. The quantitative estimate of drug-likeness (QED) is 0.819. The Morgan fingerprint density at radius 3 is 2.37 bits per heavy atom. The van der Waals surface area contributed by atoms with Gasteiger partial charge in [0, 0.05) is 5.56 Å². The molecule has 0 radical (unpaired) electrons. The van der Waals surface area contributed by atoms with Gasteiger partial charge in [0.25, 0.3) is 5.91 Å². The van der Waals surface area contributed by atoms with Crippen LogP contribution < -0.4 is 0 Å². The topological polar surface area (TPSA) is 52.9 Å². The largest absolute Gasteiger partial charge is 0.431 e. The Morgan fingerprint density at radius 2 is 1.81 bits per heavy atom. The van der Waals surface area contributed by atoms with Gasteiger partial charge in [0.2, 0.25) is 0 Å². The van der Waals surface area contributed by atoms with Gasteiger partial charge in [-0.05, 0) is 24.1 Å². The first kappa shape index (κ1) is 19.0. The second kappa shape index (κ2) is 6.77. The van der Waals surface area contributed by atoms with Crippen LogP contribution in [-0.2, 0) is 12.1 Å². The van der Waals surface area contributed by atoms with Gasteiger partial charge in [0.1, 0.15) is 11.5 Å². The van der Waals surface area contributed by atoms with E-state index in [-0.39, 0.29) is 5.56 Å². The summed E-state index contributed by atoms with van der Waals surface area (Å²) in [6, 6.07) is 11.0. The van der Waals surface area contributed by atoms with Gasteiger partial charge in [-0.3, -0.25) is 4.79 Å². The molecule has 27 heavy (non-hydrogen) atoms. The molecule has 142 valence electrons. The van der Waals surface area contributed by atoms with Gasteiger partial charge >= 0.3 is 6.18 Å². The lowest BCUT2D eigenvalue weighted by Crippen LogP contribution is -2.44. The molecule has 1 heterocycles. The maximum atomic E-state index is 14.0. The third-order valence-corrected chi connectivity index (χ3v) is 4.43. The molecule has 2 aromatic carbocycles. The smallest absolute Gasteiger partial charge is 0.365 e. The summed E-state index contributed by atoms with van der Waals surface area (Å²) in [5, 5.41) is 14.6. The molecular formula is C19H16F4N2O2. The number of hydrogen-bond donors (Lipinski definition) is 1. The highest BCUT2D eigenvalue weighted by Gasteiger charge is 2.53. The highest BCUT2D eigenvalue weighted by molar-refractivity contribution is 6.00. The van der Waals surface area contributed by atoms with Gasteiger partial charge < -0.3 is 5.11 Å². The molecular weight excluding hydrogens is 364 g/mol. The molecule has 3 rings (SSSR count). The van der Waals surface area contributed by atoms with Crippen LogP contribution in [0.2, 0.25) is 0 Å². The van der Waals surface area contributed by atoms with E-state index in [0.717, 1.165) is 17.7 Å². The number of carbonyl (C=O) groups is 1. The number of carbonyl (C=O) groups excluding carboxylic acids is 1. The van der Waals surface area contributed by atoms with E-state index < -0.39 is 41.3 Å². The van der Waals surface area contributed by atoms with E-state index in [1.807, 2.05) is 6.92 Å². The molecule has 1 atom stereocenters. The molecule has 0 unspecified atom stereocenters. The van der Waals surface area contributed by atoms with E-state index in [1.165, 1.54) is 24.3 Å². The maximum Gasteiger partial charge on any atom is 0.431 e. The van der Waals surface area contributed by atoms with Gasteiger partial charge in [0.05, 0.1) is 12.0 Å². The van der Waals surface area contributed by atoms with Crippen molar-refractivity contribution in [1.82, 2.24) is 5.01 Å². The SMILES string of the molecule is CCc1ccc([C@]2(O)CC(C(F)(F)F)=NN2C(=O)c2ccccc2F)cc1. The fraction of sp³-hybridized carbons (Fsp3) is 0.263. The van der Waals surface area contributed by atoms with Crippen molar-refractivity contribution < 1.29 is 27.5 Å². The molecule has 0 aliphatic carbocycles. The van der Waals surface area contributed by atoms with Crippen molar-refractivity contribution in [3.05, 3.63) is 71.0 Å². The molecule has 2 aromatic rings. The van der Waals surface area contributed by atoms with Gasteiger partial charge in [-0.1, -0.05) is 43.3 Å². The lowest BCUT2D eigenvalue weighted by atomic mass is 9.95. The highest BCUT2D eigenvalue weighted by Crippen LogP contribution is 2.40. The molecule has 0 fully saturated rings. The highest BCUT2D eigenvalue weighted by atomic mass is 19.4. The average molecular weight is 380 g/mol. The van der Waals surface area contributed by atoms with Crippen molar-refractivity contribution in [1.29, 1.82) is 0 Å². The van der Waals surface area contributed by atoms with Crippen molar-refractivity contribution in [2.75, 3.05) is 0 Å². The second-order valence-corrected chi connectivity index (χ2v) is 6.19. The summed E-state index contributed by atoms with van der Waals surface area (Å²) in [4.78, 5) is 12.7. The molecule has 4 nitrogen and oxygen atoms in total. The minimum Gasteiger partial charge on any atom is -0.365 e. The standard InChI is InChI=1S/C19H16F4N2O2/c1-2-12-7-9-13(10-8-12)18(27)11-16(19(21,22)23)24-25(18)17(26)14-5-3-4-6-15(14)20/h3-10,27H,2,11H2,1H3/t18-/m1/s1. The van der Waals surface area contributed by atoms with Gasteiger partial charge in [0.15, 0.2) is 5.72 Å². The summed E-state index contributed by atoms with van der Waals surface area (Å²) >= 11 is 0. The maximum absolute atomic E-state index is 14.0. The molecule has 0 spiro atoms. The number of hydrazone groups is 1. The predicted octanol–water partition coefficient (Wildman–Crippen LogP) is 4.00. The number of benzene rings is 2. The number of alkyl halides is 3.